The molecule has 8 N–H and O–H groups in total. The molecule has 3 atom stereocenters. The van der Waals surface area contributed by atoms with E-state index in [9.17, 15) is 29.4 Å². The first-order valence-electron chi connectivity index (χ1n) is 21.5. The maximum absolute atomic E-state index is 14.6. The second kappa shape index (κ2) is 19.2. The number of nitrogens with zero attached hydrogens (tertiary/aromatic N) is 3. The third-order valence-electron chi connectivity index (χ3n) is 11.9. The molecule has 0 saturated carbocycles. The molecule has 16 heteroatoms. The number of likely N-dealkylation sites (N-methyl/N-ethyl adjacent to an activating group) is 1. The summed E-state index contributed by atoms with van der Waals surface area (Å²) in [6.07, 6.45) is 1.30. The van der Waals surface area contributed by atoms with Crippen LogP contribution in [0, 0.1) is 16.7 Å². The average molecular weight is 867 g/mol. The molecule has 63 heavy (non-hydrogen) atoms. The first-order chi connectivity index (χ1) is 29.9. The number of hydrogen-bond donors (Lipinski definition) is 7. The van der Waals surface area contributed by atoms with E-state index in [0.29, 0.717) is 37.1 Å². The van der Waals surface area contributed by atoms with Crippen LogP contribution >= 0.6 is 0 Å². The molecule has 2 aliphatic rings. The molecular weight excluding hydrogens is 805 g/mol. The van der Waals surface area contributed by atoms with E-state index in [1.165, 1.54) is 18.0 Å². The maximum Gasteiger partial charge on any atom is 0.355 e. The van der Waals surface area contributed by atoms with Crippen molar-refractivity contribution in [3.8, 4) is 28.1 Å². The average Bonchev–Trinajstić information content (AvgIpc) is 3.54. The van der Waals surface area contributed by atoms with Crippen LogP contribution in [0.5, 0.6) is 5.75 Å². The molecule has 4 aromatic rings. The number of methoxy groups -OCH3 is 1. The summed E-state index contributed by atoms with van der Waals surface area (Å²) in [7, 11) is 3.15. The van der Waals surface area contributed by atoms with Gasteiger partial charge in [-0.25, -0.2) is 4.79 Å². The lowest BCUT2D eigenvalue weighted by Crippen LogP contribution is -2.67. The molecule has 6 bridgehead atoms. The normalized spacial score (nSPS) is 19.6. The SMILES string of the molecule is CCn1c(-c2ccccc2CCOC)c2c3cc(ccc31)-c1cc(O)cc(c1)C[C@H](NC(=O)[C@H](C(C)C)N(C)C(=O)CNC(=N)N)C(=O)N1CCC[C@@](O)(N1)C(=O)OCC(C)(C)C2. The molecule has 3 aromatic carbocycles. The van der Waals surface area contributed by atoms with E-state index in [1.807, 2.05) is 38.1 Å². The van der Waals surface area contributed by atoms with Crippen molar-refractivity contribution in [1.82, 2.24) is 30.5 Å². The summed E-state index contributed by atoms with van der Waals surface area (Å²) in [6.45, 7) is 10.6. The second-order valence-corrected chi connectivity index (χ2v) is 17.8. The summed E-state index contributed by atoms with van der Waals surface area (Å²) < 4.78 is 13.7. The lowest BCUT2D eigenvalue weighted by Gasteiger charge is -2.40. The van der Waals surface area contributed by atoms with E-state index in [-0.39, 0.29) is 44.7 Å². The molecule has 0 aliphatic carbocycles. The van der Waals surface area contributed by atoms with Gasteiger partial charge >= 0.3 is 5.97 Å². The second-order valence-electron chi connectivity index (χ2n) is 17.8. The van der Waals surface area contributed by atoms with Crippen molar-refractivity contribution < 1.29 is 38.9 Å². The standard InChI is InChI=1S/C47H62N8O8/c1-8-54-38-15-14-31-24-35(38)36(41(54)34-13-10-9-12-30(34)16-19-62-7)25-46(4,5)27-63-44(60)47(61)17-11-18-55(52-47)43(59)37(22-29-20-32(31)23-33(56)21-29)51-42(58)40(28(2)3)53(6)39(57)26-50-45(48)49/h9-10,12-15,20-21,23-24,28,37,40,52,56,61H,8,11,16-19,22,25-27H2,1-7H3,(H,51,58)(H4,48,49,50)/t37-,40-,47-/m0/s1. The first-order valence-corrected chi connectivity index (χ1v) is 21.5. The number of aryl methyl sites for hydroxylation is 1. The van der Waals surface area contributed by atoms with Gasteiger partial charge < -0.3 is 45.5 Å². The molecule has 0 spiro atoms. The van der Waals surface area contributed by atoms with Crippen molar-refractivity contribution in [3.63, 3.8) is 0 Å². The van der Waals surface area contributed by atoms with Crippen molar-refractivity contribution in [1.29, 1.82) is 5.41 Å². The quantitative estimate of drug-likeness (QED) is 0.0652. The molecule has 1 aromatic heterocycles. The first kappa shape index (κ1) is 46.5. The number of guanidine groups is 1. The number of esters is 1. The Balaban J connectivity index is 1.50. The number of rotatable bonds is 11. The van der Waals surface area contributed by atoms with Crippen LogP contribution in [0.15, 0.2) is 60.7 Å². The minimum absolute atomic E-state index is 0.0330. The highest BCUT2D eigenvalue weighted by atomic mass is 16.6. The third kappa shape index (κ3) is 10.3. The van der Waals surface area contributed by atoms with Crippen LogP contribution < -0.4 is 21.8 Å². The molecule has 0 radical (unpaired) electrons. The van der Waals surface area contributed by atoms with E-state index < -0.39 is 58.8 Å². The number of hydrogen-bond acceptors (Lipinski definition) is 10. The smallest absolute Gasteiger partial charge is 0.355 e. The number of benzene rings is 3. The number of phenols is 1. The Labute approximate surface area is 368 Å². The number of aromatic hydroxyl groups is 1. The monoisotopic (exact) mass is 866 g/mol. The Morgan fingerprint density at radius 3 is 2.56 bits per heavy atom. The highest BCUT2D eigenvalue weighted by molar-refractivity contribution is 5.96. The van der Waals surface area contributed by atoms with Crippen molar-refractivity contribution in [3.05, 3.63) is 77.4 Å². The zero-order chi connectivity index (χ0) is 45.8. The van der Waals surface area contributed by atoms with Gasteiger partial charge in [-0.1, -0.05) is 64.1 Å². The number of nitrogens with one attached hydrogen (secondary N) is 4. The largest absolute Gasteiger partial charge is 0.508 e. The van der Waals surface area contributed by atoms with Crippen molar-refractivity contribution in [2.75, 3.05) is 40.5 Å². The maximum atomic E-state index is 14.6. The fraction of sp³-hybridized carbons (Fsp3) is 0.468. The van der Waals surface area contributed by atoms with Gasteiger partial charge in [0.1, 0.15) is 17.8 Å². The van der Waals surface area contributed by atoms with Crippen LogP contribution in [-0.2, 0) is 54.5 Å². The predicted molar refractivity (Wildman–Crippen MR) is 240 cm³/mol. The molecule has 3 amide bonds. The summed E-state index contributed by atoms with van der Waals surface area (Å²) in [5.74, 6) is -3.58. The molecule has 2 aliphatic heterocycles. The third-order valence-corrected chi connectivity index (χ3v) is 11.9. The summed E-state index contributed by atoms with van der Waals surface area (Å²) in [5, 5.41) is 38.0. The summed E-state index contributed by atoms with van der Waals surface area (Å²) in [6, 6.07) is 17.2. The molecule has 0 unspecified atom stereocenters. The minimum atomic E-state index is -2.25. The Morgan fingerprint density at radius 2 is 1.86 bits per heavy atom. The van der Waals surface area contributed by atoms with Crippen LogP contribution in [0.2, 0.25) is 0 Å². The molecule has 338 valence electrons. The van der Waals surface area contributed by atoms with E-state index in [2.05, 4.69) is 51.8 Å². The van der Waals surface area contributed by atoms with Crippen molar-refractivity contribution >= 4 is 40.6 Å². The Morgan fingerprint density at radius 1 is 1.11 bits per heavy atom. The number of fused-ring (bicyclic) bond motifs is 6. The predicted octanol–water partition coefficient (Wildman–Crippen LogP) is 3.82. The highest BCUT2D eigenvalue weighted by Crippen LogP contribution is 2.41. The zero-order valence-electron chi connectivity index (χ0n) is 37.3. The molecule has 1 fully saturated rings. The van der Waals surface area contributed by atoms with Crippen LogP contribution in [0.3, 0.4) is 0 Å². The van der Waals surface area contributed by atoms with Gasteiger partial charge in [0.15, 0.2) is 5.96 Å². The fourth-order valence-corrected chi connectivity index (χ4v) is 8.87. The van der Waals surface area contributed by atoms with Crippen LogP contribution in [0.1, 0.15) is 64.2 Å². The Kier molecular flexibility index (Phi) is 14.2. The number of carbonyl (C=O) groups is 4. The topological polar surface area (TPSA) is 225 Å². The summed E-state index contributed by atoms with van der Waals surface area (Å²) >= 11 is 0. The van der Waals surface area contributed by atoms with E-state index in [1.54, 1.807) is 27.0 Å². The Hall–Kier alpha value is -5.97. The molecule has 3 heterocycles. The number of nitrogens with two attached hydrogens (primary N) is 1. The number of hydrazine groups is 1. The number of aliphatic hydroxyl groups is 1. The van der Waals surface area contributed by atoms with Gasteiger partial charge in [-0.2, -0.15) is 5.43 Å². The Bertz CT molecular complexity index is 2380. The summed E-state index contributed by atoms with van der Waals surface area (Å²) in [4.78, 5) is 57.1. The zero-order valence-corrected chi connectivity index (χ0v) is 37.3. The van der Waals surface area contributed by atoms with Crippen molar-refractivity contribution in [2.45, 2.75) is 91.1 Å². The lowest BCUT2D eigenvalue weighted by atomic mass is 9.83. The van der Waals surface area contributed by atoms with Crippen LogP contribution in [0.25, 0.3) is 33.3 Å². The number of cyclic esters (lactones) is 1. The molecular formula is C47H62N8O8. The molecule has 16 nitrogen and oxygen atoms in total. The fourth-order valence-electron chi connectivity index (χ4n) is 8.87. The van der Waals surface area contributed by atoms with Gasteiger partial charge in [0.25, 0.3) is 5.91 Å². The number of amides is 3. The van der Waals surface area contributed by atoms with Gasteiger partial charge in [0.05, 0.1) is 25.5 Å². The number of carbonyl (C=O) groups excluding carboxylic acids is 4. The van der Waals surface area contributed by atoms with Crippen LogP contribution in [-0.4, -0.2) is 113 Å². The lowest BCUT2D eigenvalue weighted by molar-refractivity contribution is -0.189. The molecule has 1 saturated heterocycles. The van der Waals surface area contributed by atoms with Gasteiger partial charge in [-0.05, 0) is 84.2 Å². The highest BCUT2D eigenvalue weighted by Gasteiger charge is 2.45. The van der Waals surface area contributed by atoms with Crippen LogP contribution in [0.4, 0.5) is 0 Å². The van der Waals surface area contributed by atoms with Gasteiger partial charge in [-0.15, -0.1) is 0 Å². The van der Waals surface area contributed by atoms with E-state index in [0.717, 1.165) is 43.9 Å². The summed E-state index contributed by atoms with van der Waals surface area (Å²) in [5.41, 5.74) is 12.6. The minimum Gasteiger partial charge on any atom is -0.508 e. The van der Waals surface area contributed by atoms with E-state index in [4.69, 9.17) is 20.6 Å². The van der Waals surface area contributed by atoms with Gasteiger partial charge in [0.2, 0.25) is 17.5 Å². The number of phenolic OH excluding ortho intramolecular Hbond substituents is 1. The molecule has 6 rings (SSSR count). The van der Waals surface area contributed by atoms with Gasteiger partial charge in [0, 0.05) is 62.0 Å². The van der Waals surface area contributed by atoms with Crippen molar-refractivity contribution in [2.24, 2.45) is 17.1 Å². The number of aromatic nitrogens is 1. The van der Waals surface area contributed by atoms with E-state index >= 15 is 0 Å². The number of ether oxygens (including phenoxy) is 2. The van der Waals surface area contributed by atoms with Gasteiger partial charge in [-0.3, -0.25) is 24.8 Å².